The Hall–Kier alpha value is -1.07. The Bertz CT molecular complexity index is 105. The molecule has 0 aliphatic carbocycles. The van der Waals surface area contributed by atoms with Gasteiger partial charge in [0, 0.05) is 17.0 Å². The van der Waals surface area contributed by atoms with Crippen LogP contribution in [0.3, 0.4) is 0 Å². The van der Waals surface area contributed by atoms with Crippen LogP contribution in [0.1, 0.15) is 0 Å². The first kappa shape index (κ1) is 15.7. The molecular formula is C7H9NSi. The van der Waals surface area contributed by atoms with E-state index in [4.69, 9.17) is 5.26 Å². The average Bonchev–Trinajstić information content (AvgIpc) is 1.88. The standard InChI is InChI=1S/C4H6.C3H3N.Si/c1-3-4-2;1-2-3-4;/h3-4H,1-2H2;2H,1H2;. The monoisotopic (exact) mass is 135 g/mol. The molecule has 2 heteroatoms. The fraction of sp³-hybridized carbons (Fsp3) is 0. The van der Waals surface area contributed by atoms with Crippen molar-refractivity contribution in [1.82, 2.24) is 0 Å². The molecule has 0 aromatic carbocycles. The summed E-state index contributed by atoms with van der Waals surface area (Å²) in [6.07, 6.45) is 4.46. The van der Waals surface area contributed by atoms with Crippen molar-refractivity contribution in [2.75, 3.05) is 0 Å². The molecule has 0 amide bonds. The van der Waals surface area contributed by atoms with Crippen molar-refractivity contribution in [2.45, 2.75) is 0 Å². The summed E-state index contributed by atoms with van der Waals surface area (Å²) in [6, 6.07) is 1.69. The minimum absolute atomic E-state index is 0. The van der Waals surface area contributed by atoms with Crippen molar-refractivity contribution in [2.24, 2.45) is 0 Å². The van der Waals surface area contributed by atoms with Gasteiger partial charge in [-0.05, 0) is 0 Å². The Balaban J connectivity index is -0.0000000720. The van der Waals surface area contributed by atoms with Crippen molar-refractivity contribution in [1.29, 1.82) is 5.26 Å². The highest BCUT2D eigenvalue weighted by Crippen LogP contribution is 1.52. The molecule has 0 spiro atoms. The summed E-state index contributed by atoms with van der Waals surface area (Å²) in [7, 11) is 0. The number of allylic oxidation sites excluding steroid dienone is 3. The van der Waals surface area contributed by atoms with E-state index in [2.05, 4.69) is 19.7 Å². The van der Waals surface area contributed by atoms with Gasteiger partial charge in [0.2, 0.25) is 0 Å². The predicted octanol–water partition coefficient (Wildman–Crippen LogP) is 1.67. The summed E-state index contributed by atoms with van der Waals surface area (Å²) in [5.74, 6) is 0. The van der Waals surface area contributed by atoms with Gasteiger partial charge in [0.1, 0.15) is 0 Å². The lowest BCUT2D eigenvalue weighted by atomic mass is 10.6. The molecular weight excluding hydrogens is 126 g/mol. The van der Waals surface area contributed by atoms with E-state index in [1.165, 1.54) is 6.08 Å². The zero-order valence-corrected chi connectivity index (χ0v) is 6.30. The molecule has 0 aliphatic heterocycles. The molecule has 1 nitrogen and oxygen atoms in total. The number of rotatable bonds is 1. The van der Waals surface area contributed by atoms with Crippen LogP contribution in [0.4, 0.5) is 0 Å². The molecule has 0 atom stereocenters. The minimum atomic E-state index is 0. The van der Waals surface area contributed by atoms with Gasteiger partial charge in [-0.25, -0.2) is 0 Å². The van der Waals surface area contributed by atoms with Gasteiger partial charge in [-0.1, -0.05) is 31.9 Å². The second-order valence-electron chi connectivity index (χ2n) is 0.805. The van der Waals surface area contributed by atoms with Crippen LogP contribution in [0, 0.1) is 11.3 Å². The van der Waals surface area contributed by atoms with Crippen LogP contribution in [-0.4, -0.2) is 11.0 Å². The molecule has 0 aliphatic rings. The zero-order valence-electron chi connectivity index (χ0n) is 5.30. The van der Waals surface area contributed by atoms with Gasteiger partial charge < -0.3 is 0 Å². The molecule has 0 bridgehead atoms. The summed E-state index contributed by atoms with van der Waals surface area (Å²) >= 11 is 0. The van der Waals surface area contributed by atoms with Crippen molar-refractivity contribution in [3.8, 4) is 6.07 Å². The first-order chi connectivity index (χ1) is 3.83. The molecule has 4 radical (unpaired) electrons. The Kier molecular flexibility index (Phi) is 49.5. The molecule has 0 aromatic heterocycles. The van der Waals surface area contributed by atoms with E-state index < -0.39 is 0 Å². The van der Waals surface area contributed by atoms with E-state index in [-0.39, 0.29) is 11.0 Å². The Labute approximate surface area is 61.0 Å². The molecule has 0 saturated carbocycles. The third-order valence-corrected chi connectivity index (χ3v) is 0.258. The molecule has 0 rings (SSSR count). The first-order valence-electron chi connectivity index (χ1n) is 2.07. The van der Waals surface area contributed by atoms with E-state index in [0.717, 1.165) is 0 Å². The molecule has 0 aromatic rings. The van der Waals surface area contributed by atoms with Crippen LogP contribution in [-0.2, 0) is 0 Å². The summed E-state index contributed by atoms with van der Waals surface area (Å²) in [5, 5.41) is 7.51. The maximum absolute atomic E-state index is 7.51. The topological polar surface area (TPSA) is 23.8 Å². The summed E-state index contributed by atoms with van der Waals surface area (Å²) in [6.45, 7) is 9.84. The average molecular weight is 135 g/mol. The van der Waals surface area contributed by atoms with Crippen LogP contribution < -0.4 is 0 Å². The van der Waals surface area contributed by atoms with Crippen LogP contribution in [0.5, 0.6) is 0 Å². The highest BCUT2D eigenvalue weighted by Gasteiger charge is 1.34. The Morgan fingerprint density at radius 2 is 1.33 bits per heavy atom. The zero-order chi connectivity index (χ0) is 6.83. The fourth-order valence-electron chi connectivity index (χ4n) is 0. The molecule has 0 unspecified atom stereocenters. The first-order valence-corrected chi connectivity index (χ1v) is 2.07. The van der Waals surface area contributed by atoms with E-state index in [1.807, 2.05) is 0 Å². The van der Waals surface area contributed by atoms with Crippen LogP contribution in [0.2, 0.25) is 0 Å². The van der Waals surface area contributed by atoms with Gasteiger partial charge in [0.25, 0.3) is 0 Å². The van der Waals surface area contributed by atoms with E-state index in [9.17, 15) is 0 Å². The highest BCUT2D eigenvalue weighted by molar-refractivity contribution is 5.75. The van der Waals surface area contributed by atoms with Gasteiger partial charge in [-0.15, -0.1) is 0 Å². The largest absolute Gasteiger partial charge is 0.193 e. The highest BCUT2D eigenvalue weighted by atomic mass is 28.1. The van der Waals surface area contributed by atoms with E-state index in [1.54, 1.807) is 18.2 Å². The predicted molar refractivity (Wildman–Crippen MR) is 42.0 cm³/mol. The summed E-state index contributed by atoms with van der Waals surface area (Å²) in [5.41, 5.74) is 0. The summed E-state index contributed by atoms with van der Waals surface area (Å²) < 4.78 is 0. The molecule has 0 N–H and O–H groups in total. The molecule has 0 fully saturated rings. The minimum Gasteiger partial charge on any atom is -0.193 e. The van der Waals surface area contributed by atoms with Crippen molar-refractivity contribution in [3.63, 3.8) is 0 Å². The summed E-state index contributed by atoms with van der Waals surface area (Å²) in [4.78, 5) is 0. The van der Waals surface area contributed by atoms with Crippen molar-refractivity contribution >= 4 is 11.0 Å². The van der Waals surface area contributed by atoms with Crippen molar-refractivity contribution < 1.29 is 0 Å². The molecule has 9 heavy (non-hydrogen) atoms. The third kappa shape index (κ3) is 196. The van der Waals surface area contributed by atoms with Gasteiger partial charge in [-0.2, -0.15) is 5.26 Å². The molecule has 0 saturated heterocycles. The van der Waals surface area contributed by atoms with Gasteiger partial charge >= 0.3 is 0 Å². The number of hydrogen-bond donors (Lipinski definition) is 0. The van der Waals surface area contributed by atoms with Gasteiger partial charge in [0.15, 0.2) is 0 Å². The normalized spacial score (nSPS) is 3.89. The second-order valence-corrected chi connectivity index (χ2v) is 0.805. The van der Waals surface area contributed by atoms with Crippen molar-refractivity contribution in [3.05, 3.63) is 38.0 Å². The fourth-order valence-corrected chi connectivity index (χ4v) is 0. The smallest absolute Gasteiger partial charge is 0.0905 e. The lowest BCUT2D eigenvalue weighted by Crippen LogP contribution is -1.23. The van der Waals surface area contributed by atoms with Crippen LogP contribution in [0.25, 0.3) is 0 Å². The van der Waals surface area contributed by atoms with E-state index >= 15 is 0 Å². The SMILES string of the molecule is C=CC#N.C=CC=C.[Si]. The second kappa shape index (κ2) is 28.4. The number of hydrogen-bond acceptors (Lipinski definition) is 1. The van der Waals surface area contributed by atoms with Crippen LogP contribution >= 0.6 is 0 Å². The maximum Gasteiger partial charge on any atom is 0.0905 e. The Morgan fingerprint density at radius 3 is 1.33 bits per heavy atom. The van der Waals surface area contributed by atoms with E-state index in [0.29, 0.717) is 0 Å². The number of nitrogens with zero attached hydrogens (tertiary/aromatic N) is 1. The maximum atomic E-state index is 7.51. The van der Waals surface area contributed by atoms with Gasteiger partial charge in [0.05, 0.1) is 6.07 Å². The lowest BCUT2D eigenvalue weighted by Gasteiger charge is -1.44. The van der Waals surface area contributed by atoms with Gasteiger partial charge in [-0.3, -0.25) is 0 Å². The Morgan fingerprint density at radius 1 is 1.11 bits per heavy atom. The third-order valence-electron chi connectivity index (χ3n) is 0.258. The lowest BCUT2D eigenvalue weighted by molar-refractivity contribution is 1.54. The molecule has 46 valence electrons. The molecule has 0 heterocycles. The number of nitriles is 1. The quantitative estimate of drug-likeness (QED) is 0.305. The van der Waals surface area contributed by atoms with Crippen LogP contribution in [0.15, 0.2) is 38.0 Å².